The van der Waals surface area contributed by atoms with Crippen LogP contribution in [0.4, 0.5) is 4.79 Å². The number of benzene rings is 1. The van der Waals surface area contributed by atoms with Gasteiger partial charge in [0.05, 0.1) is 6.04 Å². The molecule has 1 N–H and O–H groups in total. The molecule has 1 aromatic rings. The first-order valence-corrected chi connectivity index (χ1v) is 4.74. The fourth-order valence-corrected chi connectivity index (χ4v) is 1.58. The molecule has 1 amide bonds. The minimum Gasteiger partial charge on any atom is -0.447 e. The van der Waals surface area contributed by atoms with Gasteiger partial charge in [0.2, 0.25) is 0 Å². The molecule has 0 bridgehead atoms. The van der Waals surface area contributed by atoms with E-state index in [-0.39, 0.29) is 12.1 Å². The fourth-order valence-electron chi connectivity index (χ4n) is 1.39. The van der Waals surface area contributed by atoms with E-state index in [0.717, 1.165) is 11.1 Å². The Morgan fingerprint density at radius 1 is 1.57 bits per heavy atom. The van der Waals surface area contributed by atoms with Crippen LogP contribution in [0.5, 0.6) is 0 Å². The molecule has 0 radical (unpaired) electrons. The minimum atomic E-state index is -0.369. The number of aryl methyl sites for hydroxylation is 1. The third-order valence-electron chi connectivity index (χ3n) is 2.27. The summed E-state index contributed by atoms with van der Waals surface area (Å²) in [5.74, 6) is 0. The van der Waals surface area contributed by atoms with Crippen molar-refractivity contribution in [3.8, 4) is 0 Å². The topological polar surface area (TPSA) is 38.3 Å². The van der Waals surface area contributed by atoms with Gasteiger partial charge in [-0.15, -0.1) is 0 Å². The van der Waals surface area contributed by atoms with E-state index in [2.05, 4.69) is 5.32 Å². The highest BCUT2D eigenvalue weighted by molar-refractivity contribution is 6.31. The summed E-state index contributed by atoms with van der Waals surface area (Å²) in [6, 6.07) is 5.67. The molecule has 3 nitrogen and oxygen atoms in total. The van der Waals surface area contributed by atoms with Crippen molar-refractivity contribution in [2.24, 2.45) is 0 Å². The first-order chi connectivity index (χ1) is 6.66. The van der Waals surface area contributed by atoms with Gasteiger partial charge < -0.3 is 10.1 Å². The molecule has 14 heavy (non-hydrogen) atoms. The monoisotopic (exact) mass is 211 g/mol. The zero-order chi connectivity index (χ0) is 10.1. The van der Waals surface area contributed by atoms with Crippen molar-refractivity contribution in [3.05, 3.63) is 34.3 Å². The first-order valence-electron chi connectivity index (χ1n) is 4.36. The van der Waals surface area contributed by atoms with Crippen LogP contribution >= 0.6 is 11.6 Å². The molecule has 1 aliphatic heterocycles. The third-order valence-corrected chi connectivity index (χ3v) is 2.68. The van der Waals surface area contributed by atoms with Crippen molar-refractivity contribution in [1.29, 1.82) is 0 Å². The summed E-state index contributed by atoms with van der Waals surface area (Å²) in [4.78, 5) is 10.8. The van der Waals surface area contributed by atoms with E-state index >= 15 is 0 Å². The predicted octanol–water partition coefficient (Wildman–Crippen LogP) is 2.43. The summed E-state index contributed by atoms with van der Waals surface area (Å²) < 4.78 is 4.80. The Bertz CT molecular complexity index is 378. The summed E-state index contributed by atoms with van der Waals surface area (Å²) in [7, 11) is 0. The number of rotatable bonds is 1. The maximum absolute atomic E-state index is 10.8. The molecule has 1 fully saturated rings. The third kappa shape index (κ3) is 1.68. The normalized spacial score (nSPS) is 20.4. The Morgan fingerprint density at radius 3 is 2.93 bits per heavy atom. The van der Waals surface area contributed by atoms with Crippen molar-refractivity contribution in [2.45, 2.75) is 13.0 Å². The van der Waals surface area contributed by atoms with Crippen molar-refractivity contribution in [3.63, 3.8) is 0 Å². The molecule has 0 spiro atoms. The average molecular weight is 212 g/mol. The fraction of sp³-hybridized carbons (Fsp3) is 0.300. The zero-order valence-electron chi connectivity index (χ0n) is 7.71. The second-order valence-electron chi connectivity index (χ2n) is 3.30. The van der Waals surface area contributed by atoms with Crippen LogP contribution in [0.15, 0.2) is 18.2 Å². The zero-order valence-corrected chi connectivity index (χ0v) is 8.47. The van der Waals surface area contributed by atoms with Crippen LogP contribution in [0.25, 0.3) is 0 Å². The van der Waals surface area contributed by atoms with Crippen LogP contribution in [0.2, 0.25) is 5.02 Å². The summed E-state index contributed by atoms with van der Waals surface area (Å²) in [6.45, 7) is 2.31. The highest BCUT2D eigenvalue weighted by atomic mass is 35.5. The van der Waals surface area contributed by atoms with E-state index in [1.165, 1.54) is 0 Å². The average Bonchev–Trinajstić information content (AvgIpc) is 2.57. The van der Waals surface area contributed by atoms with Gasteiger partial charge in [-0.2, -0.15) is 0 Å². The molecule has 0 aliphatic carbocycles. The molecule has 1 heterocycles. The van der Waals surface area contributed by atoms with Gasteiger partial charge in [-0.05, 0) is 24.1 Å². The molecule has 74 valence electrons. The quantitative estimate of drug-likeness (QED) is 0.775. The molecule has 1 aromatic carbocycles. The van der Waals surface area contributed by atoms with Gasteiger partial charge in [0.15, 0.2) is 0 Å². The van der Waals surface area contributed by atoms with Crippen LogP contribution in [0.1, 0.15) is 17.2 Å². The Kier molecular flexibility index (Phi) is 2.33. The van der Waals surface area contributed by atoms with E-state index in [4.69, 9.17) is 16.3 Å². The van der Waals surface area contributed by atoms with Gasteiger partial charge in [-0.3, -0.25) is 0 Å². The van der Waals surface area contributed by atoms with Crippen molar-refractivity contribution < 1.29 is 9.53 Å². The number of nitrogens with one attached hydrogen (secondary N) is 1. The number of carbonyl (C=O) groups is 1. The Balaban J connectivity index is 2.24. The predicted molar refractivity (Wildman–Crippen MR) is 53.4 cm³/mol. The van der Waals surface area contributed by atoms with Gasteiger partial charge in [-0.1, -0.05) is 23.7 Å². The van der Waals surface area contributed by atoms with Gasteiger partial charge in [0.1, 0.15) is 6.61 Å². The molecular formula is C10H10ClNO2. The van der Waals surface area contributed by atoms with Gasteiger partial charge in [0.25, 0.3) is 0 Å². The molecule has 1 aliphatic rings. The lowest BCUT2D eigenvalue weighted by atomic mass is 10.1. The Labute approximate surface area is 87.0 Å². The van der Waals surface area contributed by atoms with Gasteiger partial charge >= 0.3 is 6.09 Å². The van der Waals surface area contributed by atoms with Crippen LogP contribution < -0.4 is 5.32 Å². The van der Waals surface area contributed by atoms with E-state index < -0.39 is 0 Å². The van der Waals surface area contributed by atoms with Crippen molar-refractivity contribution in [1.82, 2.24) is 5.32 Å². The molecular weight excluding hydrogens is 202 g/mol. The maximum Gasteiger partial charge on any atom is 0.407 e. The number of hydrogen-bond acceptors (Lipinski definition) is 2. The lowest BCUT2D eigenvalue weighted by Gasteiger charge is -2.08. The molecule has 0 saturated carbocycles. The summed E-state index contributed by atoms with van der Waals surface area (Å²) in [5, 5.41) is 3.41. The van der Waals surface area contributed by atoms with Gasteiger partial charge in [0, 0.05) is 5.02 Å². The first kappa shape index (κ1) is 9.34. The standard InChI is InChI=1S/C10H10ClNO2/c1-6-2-3-7(4-8(6)11)9-5-14-10(13)12-9/h2-4,9H,5H2,1H3,(H,12,13)/t9-/m0/s1. The minimum absolute atomic E-state index is 0.0689. The highest BCUT2D eigenvalue weighted by Crippen LogP contribution is 2.23. The molecule has 1 saturated heterocycles. The van der Waals surface area contributed by atoms with Crippen LogP contribution in [-0.4, -0.2) is 12.7 Å². The van der Waals surface area contributed by atoms with Crippen molar-refractivity contribution >= 4 is 17.7 Å². The number of amides is 1. The smallest absolute Gasteiger partial charge is 0.407 e. The molecule has 1 atom stereocenters. The summed E-state index contributed by atoms with van der Waals surface area (Å²) in [6.07, 6.45) is -0.369. The van der Waals surface area contributed by atoms with E-state index in [9.17, 15) is 4.79 Å². The number of alkyl carbamates (subject to hydrolysis) is 1. The number of halogens is 1. The van der Waals surface area contributed by atoms with E-state index in [0.29, 0.717) is 11.6 Å². The number of ether oxygens (including phenoxy) is 1. The van der Waals surface area contributed by atoms with Crippen LogP contribution in [0.3, 0.4) is 0 Å². The molecule has 2 rings (SSSR count). The summed E-state index contributed by atoms with van der Waals surface area (Å²) in [5.41, 5.74) is 2.01. The second-order valence-corrected chi connectivity index (χ2v) is 3.71. The maximum atomic E-state index is 10.8. The molecule has 4 heteroatoms. The number of cyclic esters (lactones) is 1. The molecule has 0 aromatic heterocycles. The lowest BCUT2D eigenvalue weighted by Crippen LogP contribution is -2.18. The lowest BCUT2D eigenvalue weighted by molar-refractivity contribution is 0.177. The van der Waals surface area contributed by atoms with Crippen LogP contribution in [-0.2, 0) is 4.74 Å². The summed E-state index contributed by atoms with van der Waals surface area (Å²) >= 11 is 5.98. The Hall–Kier alpha value is -1.22. The largest absolute Gasteiger partial charge is 0.447 e. The van der Waals surface area contributed by atoms with E-state index in [1.807, 2.05) is 25.1 Å². The SMILES string of the molecule is Cc1ccc([C@@H]2COC(=O)N2)cc1Cl. The Morgan fingerprint density at radius 2 is 2.36 bits per heavy atom. The molecule has 0 unspecified atom stereocenters. The van der Waals surface area contributed by atoms with Gasteiger partial charge in [-0.25, -0.2) is 4.79 Å². The number of hydrogen-bond donors (Lipinski definition) is 1. The second kappa shape index (κ2) is 3.50. The van der Waals surface area contributed by atoms with Crippen molar-refractivity contribution in [2.75, 3.05) is 6.61 Å². The number of carbonyl (C=O) groups excluding carboxylic acids is 1. The highest BCUT2D eigenvalue weighted by Gasteiger charge is 2.23. The van der Waals surface area contributed by atoms with E-state index in [1.54, 1.807) is 0 Å². The van der Waals surface area contributed by atoms with Crippen LogP contribution in [0, 0.1) is 6.92 Å².